The van der Waals surface area contributed by atoms with Crippen molar-refractivity contribution in [2.45, 2.75) is 25.8 Å². The van der Waals surface area contributed by atoms with Gasteiger partial charge in [0.2, 0.25) is 0 Å². The van der Waals surface area contributed by atoms with E-state index in [1.165, 1.54) is 0 Å². The molecule has 0 bridgehead atoms. The van der Waals surface area contributed by atoms with Gasteiger partial charge in [-0.25, -0.2) is 4.79 Å². The van der Waals surface area contributed by atoms with E-state index in [-0.39, 0.29) is 17.4 Å². The number of benzene rings is 1. The highest BCUT2D eigenvalue weighted by Gasteiger charge is 2.25. The molecule has 0 saturated carbocycles. The number of fused-ring (bicyclic) bond motifs is 1. The second-order valence-electron chi connectivity index (χ2n) is 3.99. The van der Waals surface area contributed by atoms with Crippen LogP contribution in [0.3, 0.4) is 0 Å². The van der Waals surface area contributed by atoms with Crippen molar-refractivity contribution >= 4 is 5.97 Å². The molecule has 1 aromatic carbocycles. The lowest BCUT2D eigenvalue weighted by Gasteiger charge is -2.08. The predicted molar refractivity (Wildman–Crippen MR) is 59.4 cm³/mol. The molecule has 1 atom stereocenters. The highest BCUT2D eigenvalue weighted by molar-refractivity contribution is 5.93. The zero-order chi connectivity index (χ0) is 11.7. The fourth-order valence-electron chi connectivity index (χ4n) is 2.09. The molecule has 1 unspecified atom stereocenters. The van der Waals surface area contributed by atoms with Crippen LogP contribution in [0, 0.1) is 0 Å². The summed E-state index contributed by atoms with van der Waals surface area (Å²) in [5.74, 6) is -0.452. The van der Waals surface area contributed by atoms with Crippen LogP contribution in [0.4, 0.5) is 0 Å². The van der Waals surface area contributed by atoms with Crippen LogP contribution < -0.4 is 5.73 Å². The van der Waals surface area contributed by atoms with Gasteiger partial charge in [0.25, 0.3) is 0 Å². The maximum Gasteiger partial charge on any atom is 0.341 e. The molecule has 16 heavy (non-hydrogen) atoms. The van der Waals surface area contributed by atoms with Crippen molar-refractivity contribution in [3.05, 3.63) is 28.8 Å². The maximum absolute atomic E-state index is 11.5. The minimum atomic E-state index is -0.483. The van der Waals surface area contributed by atoms with Crippen molar-refractivity contribution in [3.8, 4) is 5.75 Å². The van der Waals surface area contributed by atoms with E-state index in [4.69, 9.17) is 10.5 Å². The Balaban J connectivity index is 2.37. The highest BCUT2D eigenvalue weighted by Crippen LogP contribution is 2.32. The van der Waals surface area contributed by atoms with Gasteiger partial charge in [0.15, 0.2) is 0 Å². The molecule has 2 rings (SSSR count). The number of hydrogen-bond acceptors (Lipinski definition) is 4. The largest absolute Gasteiger partial charge is 0.507 e. The first-order valence-corrected chi connectivity index (χ1v) is 5.40. The summed E-state index contributed by atoms with van der Waals surface area (Å²) in [6.45, 7) is 2.03. The van der Waals surface area contributed by atoms with Crippen LogP contribution in [0.2, 0.25) is 0 Å². The molecule has 0 amide bonds. The smallest absolute Gasteiger partial charge is 0.341 e. The Labute approximate surface area is 94.0 Å². The molecule has 1 aliphatic carbocycles. The van der Waals surface area contributed by atoms with Gasteiger partial charge >= 0.3 is 5.97 Å². The summed E-state index contributed by atoms with van der Waals surface area (Å²) in [4.78, 5) is 11.5. The molecule has 0 aromatic heterocycles. The van der Waals surface area contributed by atoms with E-state index < -0.39 is 5.97 Å². The molecule has 86 valence electrons. The van der Waals surface area contributed by atoms with Gasteiger partial charge in [-0.05, 0) is 37.0 Å². The average molecular weight is 221 g/mol. The highest BCUT2D eigenvalue weighted by atomic mass is 16.5. The van der Waals surface area contributed by atoms with Crippen molar-refractivity contribution < 1.29 is 14.6 Å². The number of phenolic OH excluding ortho intramolecular Hbond substituents is 1. The van der Waals surface area contributed by atoms with Crippen molar-refractivity contribution in [2.75, 3.05) is 6.61 Å². The molecule has 0 saturated heterocycles. The summed E-state index contributed by atoms with van der Waals surface area (Å²) >= 11 is 0. The molecule has 3 N–H and O–H groups in total. The van der Waals surface area contributed by atoms with E-state index in [2.05, 4.69) is 0 Å². The molecule has 0 spiro atoms. The van der Waals surface area contributed by atoms with Gasteiger partial charge < -0.3 is 15.6 Å². The van der Waals surface area contributed by atoms with Gasteiger partial charge in [0, 0.05) is 6.04 Å². The quantitative estimate of drug-likeness (QED) is 0.731. The molecular formula is C12H15NO3. The molecule has 1 aromatic rings. The Bertz CT molecular complexity index is 429. The zero-order valence-electron chi connectivity index (χ0n) is 9.19. The molecule has 0 heterocycles. The third-order valence-corrected chi connectivity index (χ3v) is 2.82. The Hall–Kier alpha value is -1.55. The van der Waals surface area contributed by atoms with Gasteiger partial charge in [-0.2, -0.15) is 0 Å². The Morgan fingerprint density at radius 1 is 1.56 bits per heavy atom. The van der Waals surface area contributed by atoms with Gasteiger partial charge in [-0.3, -0.25) is 0 Å². The van der Waals surface area contributed by atoms with Crippen LogP contribution in [-0.4, -0.2) is 23.7 Å². The number of hydrogen-bond donors (Lipinski definition) is 2. The molecule has 0 aliphatic heterocycles. The molecule has 0 radical (unpaired) electrons. The number of ether oxygens (including phenoxy) is 1. The van der Waals surface area contributed by atoms with E-state index in [1.54, 1.807) is 13.0 Å². The van der Waals surface area contributed by atoms with E-state index in [9.17, 15) is 9.90 Å². The SMILES string of the molecule is CCOC(=O)c1ccc2c(c1O)CC(N)C2. The summed E-state index contributed by atoms with van der Waals surface area (Å²) in [5.41, 5.74) is 7.86. The topological polar surface area (TPSA) is 72.5 Å². The van der Waals surface area contributed by atoms with Crippen molar-refractivity contribution in [2.24, 2.45) is 5.73 Å². The predicted octanol–water partition coefficient (Wildman–Crippen LogP) is 0.995. The molecule has 1 aliphatic rings. The second kappa shape index (κ2) is 4.14. The lowest BCUT2D eigenvalue weighted by Crippen LogP contribution is -2.19. The first-order valence-electron chi connectivity index (χ1n) is 5.40. The van der Waals surface area contributed by atoms with Gasteiger partial charge in [-0.1, -0.05) is 6.07 Å². The van der Waals surface area contributed by atoms with Crippen LogP contribution in [0.5, 0.6) is 5.75 Å². The lowest BCUT2D eigenvalue weighted by molar-refractivity contribution is 0.0523. The Kier molecular flexibility index (Phi) is 2.83. The maximum atomic E-state index is 11.5. The summed E-state index contributed by atoms with van der Waals surface area (Å²) < 4.78 is 4.87. The van der Waals surface area contributed by atoms with Gasteiger partial charge in [0.1, 0.15) is 11.3 Å². The number of esters is 1. The third kappa shape index (κ3) is 1.76. The number of carbonyl (C=O) groups excluding carboxylic acids is 1. The number of phenols is 1. The van der Waals surface area contributed by atoms with E-state index in [1.807, 2.05) is 6.07 Å². The molecule has 0 fully saturated rings. The van der Waals surface area contributed by atoms with Crippen LogP contribution in [0.1, 0.15) is 28.4 Å². The van der Waals surface area contributed by atoms with Crippen LogP contribution in [0.15, 0.2) is 12.1 Å². The van der Waals surface area contributed by atoms with Crippen molar-refractivity contribution in [1.29, 1.82) is 0 Å². The fourth-order valence-corrected chi connectivity index (χ4v) is 2.09. The minimum Gasteiger partial charge on any atom is -0.507 e. The zero-order valence-corrected chi connectivity index (χ0v) is 9.19. The number of nitrogens with two attached hydrogens (primary N) is 1. The van der Waals surface area contributed by atoms with Crippen molar-refractivity contribution in [3.63, 3.8) is 0 Å². The van der Waals surface area contributed by atoms with E-state index in [0.717, 1.165) is 17.5 Å². The Morgan fingerprint density at radius 3 is 3.00 bits per heavy atom. The number of rotatable bonds is 2. The van der Waals surface area contributed by atoms with Crippen LogP contribution in [-0.2, 0) is 17.6 Å². The van der Waals surface area contributed by atoms with Crippen molar-refractivity contribution in [1.82, 2.24) is 0 Å². The average Bonchev–Trinajstić information content (AvgIpc) is 2.60. The van der Waals surface area contributed by atoms with Crippen LogP contribution >= 0.6 is 0 Å². The number of carbonyl (C=O) groups is 1. The van der Waals surface area contributed by atoms with Gasteiger partial charge in [-0.15, -0.1) is 0 Å². The van der Waals surface area contributed by atoms with E-state index >= 15 is 0 Å². The summed E-state index contributed by atoms with van der Waals surface area (Å²) in [7, 11) is 0. The second-order valence-corrected chi connectivity index (χ2v) is 3.99. The minimum absolute atomic E-state index is 0.0314. The standard InChI is InChI=1S/C12H15NO3/c1-2-16-12(15)9-4-3-7-5-8(13)6-10(7)11(9)14/h3-4,8,14H,2,5-6,13H2,1H3. The Morgan fingerprint density at radius 2 is 2.31 bits per heavy atom. The third-order valence-electron chi connectivity index (χ3n) is 2.82. The van der Waals surface area contributed by atoms with Gasteiger partial charge in [0.05, 0.1) is 6.61 Å². The first kappa shape index (κ1) is 11.0. The normalized spacial score (nSPS) is 18.2. The first-order chi connectivity index (χ1) is 7.63. The fraction of sp³-hybridized carbons (Fsp3) is 0.417. The summed E-state index contributed by atoms with van der Waals surface area (Å²) in [5, 5.41) is 9.97. The lowest BCUT2D eigenvalue weighted by atomic mass is 10.0. The molecule has 4 heteroatoms. The summed E-state index contributed by atoms with van der Waals surface area (Å²) in [6.07, 6.45) is 1.38. The van der Waals surface area contributed by atoms with Crippen LogP contribution in [0.25, 0.3) is 0 Å². The summed E-state index contributed by atoms with van der Waals surface area (Å²) in [6, 6.07) is 3.48. The monoisotopic (exact) mass is 221 g/mol. The van der Waals surface area contributed by atoms with E-state index in [0.29, 0.717) is 13.0 Å². The molecule has 4 nitrogen and oxygen atoms in total. The number of aromatic hydroxyl groups is 1. The molecular weight excluding hydrogens is 206 g/mol.